The van der Waals surface area contributed by atoms with Gasteiger partial charge in [0.2, 0.25) is 5.90 Å². The minimum atomic E-state index is -1.12. The van der Waals surface area contributed by atoms with Gasteiger partial charge in [0.25, 0.3) is 0 Å². The number of hydrogen-bond donors (Lipinski definition) is 0. The van der Waals surface area contributed by atoms with Gasteiger partial charge in [-0.1, -0.05) is 11.6 Å². The Morgan fingerprint density at radius 2 is 1.82 bits per heavy atom. The molecule has 146 valence electrons. The van der Waals surface area contributed by atoms with Crippen LogP contribution >= 0.6 is 11.6 Å². The van der Waals surface area contributed by atoms with Crippen LogP contribution in [0.4, 0.5) is 8.78 Å². The highest BCUT2D eigenvalue weighted by atomic mass is 35.5. The number of ether oxygens (including phenoxy) is 3. The molecule has 2 aromatic rings. The van der Waals surface area contributed by atoms with Crippen LogP contribution < -0.4 is 9.47 Å². The van der Waals surface area contributed by atoms with Gasteiger partial charge in [0.15, 0.2) is 17.3 Å². The molecule has 3 rings (SSSR count). The summed E-state index contributed by atoms with van der Waals surface area (Å²) in [5.74, 6) is -2.05. The van der Waals surface area contributed by atoms with E-state index in [0.717, 1.165) is 12.1 Å². The van der Waals surface area contributed by atoms with Crippen molar-refractivity contribution >= 4 is 29.5 Å². The summed E-state index contributed by atoms with van der Waals surface area (Å²) >= 11 is 5.92. The first-order valence-electron chi connectivity index (χ1n) is 8.50. The Bertz CT molecular complexity index is 988. The third-order valence-corrected chi connectivity index (χ3v) is 4.06. The molecule has 0 spiro atoms. The Kier molecular flexibility index (Phi) is 5.94. The summed E-state index contributed by atoms with van der Waals surface area (Å²) in [7, 11) is 0. The Morgan fingerprint density at radius 1 is 1.11 bits per heavy atom. The summed E-state index contributed by atoms with van der Waals surface area (Å²) < 4.78 is 42.9. The number of esters is 1. The Morgan fingerprint density at radius 3 is 2.54 bits per heavy atom. The SMILES string of the molecule is CCOc1ccc(/C=C2/N=C(c3cc(F)c(F)cc3Cl)OC2=O)c(OCC)c1. The van der Waals surface area contributed by atoms with Crippen LogP contribution in [0.2, 0.25) is 5.02 Å². The normalized spacial score (nSPS) is 14.8. The molecule has 0 atom stereocenters. The van der Waals surface area contributed by atoms with Crippen molar-refractivity contribution in [3.63, 3.8) is 0 Å². The smallest absolute Gasteiger partial charge is 0.363 e. The molecule has 1 aliphatic rings. The van der Waals surface area contributed by atoms with E-state index in [2.05, 4.69) is 4.99 Å². The van der Waals surface area contributed by atoms with Gasteiger partial charge in [0.05, 0.1) is 23.8 Å². The van der Waals surface area contributed by atoms with Crippen LogP contribution in [0.15, 0.2) is 41.0 Å². The van der Waals surface area contributed by atoms with Gasteiger partial charge in [-0.25, -0.2) is 18.6 Å². The van der Waals surface area contributed by atoms with Gasteiger partial charge in [-0.05, 0) is 44.2 Å². The molecular formula is C20H16ClF2NO4. The minimum Gasteiger partial charge on any atom is -0.494 e. The number of halogens is 3. The van der Waals surface area contributed by atoms with E-state index in [1.54, 1.807) is 18.2 Å². The van der Waals surface area contributed by atoms with E-state index in [0.29, 0.717) is 30.3 Å². The standard InChI is InChI=1S/C20H16ClF2NO4/c1-3-26-12-6-5-11(18(8-12)27-4-2)7-17-20(25)28-19(24-17)13-9-15(22)16(23)10-14(13)21/h5-10H,3-4H2,1-2H3/b17-7+. The lowest BCUT2D eigenvalue weighted by atomic mass is 10.1. The van der Waals surface area contributed by atoms with E-state index >= 15 is 0 Å². The maximum absolute atomic E-state index is 13.5. The van der Waals surface area contributed by atoms with Crippen molar-refractivity contribution in [1.82, 2.24) is 0 Å². The summed E-state index contributed by atoms with van der Waals surface area (Å²) in [6.07, 6.45) is 1.48. The van der Waals surface area contributed by atoms with Crippen LogP contribution in [0.1, 0.15) is 25.0 Å². The van der Waals surface area contributed by atoms with Crippen LogP contribution in [0.5, 0.6) is 11.5 Å². The predicted octanol–water partition coefficient (Wildman–Crippen LogP) is 4.76. The lowest BCUT2D eigenvalue weighted by molar-refractivity contribution is -0.129. The van der Waals surface area contributed by atoms with Gasteiger partial charge in [0, 0.05) is 11.6 Å². The number of aliphatic imine (C=N–C) groups is 1. The highest BCUT2D eigenvalue weighted by Crippen LogP contribution is 2.30. The molecule has 0 unspecified atom stereocenters. The molecule has 28 heavy (non-hydrogen) atoms. The molecule has 1 aliphatic heterocycles. The molecule has 0 saturated heterocycles. The third kappa shape index (κ3) is 4.14. The molecule has 0 saturated carbocycles. The van der Waals surface area contributed by atoms with Crippen molar-refractivity contribution in [2.75, 3.05) is 13.2 Å². The maximum atomic E-state index is 13.5. The number of rotatable bonds is 6. The minimum absolute atomic E-state index is 0.0194. The van der Waals surface area contributed by atoms with Gasteiger partial charge in [-0.3, -0.25) is 0 Å². The summed E-state index contributed by atoms with van der Waals surface area (Å²) in [4.78, 5) is 16.3. The highest BCUT2D eigenvalue weighted by Gasteiger charge is 2.27. The second kappa shape index (κ2) is 8.39. The second-order valence-corrected chi connectivity index (χ2v) is 6.06. The van der Waals surface area contributed by atoms with Crippen LogP contribution in [0.25, 0.3) is 6.08 Å². The van der Waals surface area contributed by atoms with E-state index in [9.17, 15) is 13.6 Å². The fraction of sp³-hybridized carbons (Fsp3) is 0.200. The summed E-state index contributed by atoms with van der Waals surface area (Å²) in [5.41, 5.74) is 0.536. The summed E-state index contributed by atoms with van der Waals surface area (Å²) in [6, 6.07) is 6.78. The van der Waals surface area contributed by atoms with Gasteiger partial charge in [0.1, 0.15) is 11.5 Å². The lowest BCUT2D eigenvalue weighted by Gasteiger charge is -2.10. The van der Waals surface area contributed by atoms with Gasteiger partial charge >= 0.3 is 5.97 Å². The predicted molar refractivity (Wildman–Crippen MR) is 101 cm³/mol. The first-order chi connectivity index (χ1) is 13.4. The topological polar surface area (TPSA) is 57.1 Å². The Labute approximate surface area is 165 Å². The van der Waals surface area contributed by atoms with E-state index < -0.39 is 17.6 Å². The molecular weight excluding hydrogens is 392 g/mol. The first kappa shape index (κ1) is 19.8. The van der Waals surface area contributed by atoms with Crippen LogP contribution in [-0.2, 0) is 9.53 Å². The number of cyclic esters (lactones) is 1. The largest absolute Gasteiger partial charge is 0.494 e. The quantitative estimate of drug-likeness (QED) is 0.393. The number of nitrogens with zero attached hydrogens (tertiary/aromatic N) is 1. The van der Waals surface area contributed by atoms with E-state index in [1.807, 2.05) is 13.8 Å². The zero-order valence-electron chi connectivity index (χ0n) is 15.1. The summed E-state index contributed by atoms with van der Waals surface area (Å²) in [6.45, 7) is 4.61. The van der Waals surface area contributed by atoms with Crippen molar-refractivity contribution in [3.8, 4) is 11.5 Å². The van der Waals surface area contributed by atoms with Crippen molar-refractivity contribution in [1.29, 1.82) is 0 Å². The van der Waals surface area contributed by atoms with Gasteiger partial charge < -0.3 is 14.2 Å². The fourth-order valence-electron chi connectivity index (χ4n) is 2.53. The second-order valence-electron chi connectivity index (χ2n) is 5.65. The zero-order chi connectivity index (χ0) is 20.3. The molecule has 1 heterocycles. The van der Waals surface area contributed by atoms with Crippen molar-refractivity contribution < 1.29 is 27.8 Å². The maximum Gasteiger partial charge on any atom is 0.363 e. The number of benzene rings is 2. The number of carbonyl (C=O) groups excluding carboxylic acids is 1. The molecule has 0 aromatic heterocycles. The zero-order valence-corrected chi connectivity index (χ0v) is 15.8. The Balaban J connectivity index is 1.99. The molecule has 0 radical (unpaired) electrons. The fourth-order valence-corrected chi connectivity index (χ4v) is 2.76. The van der Waals surface area contributed by atoms with E-state index in [-0.39, 0.29) is 22.2 Å². The van der Waals surface area contributed by atoms with E-state index in [1.165, 1.54) is 6.08 Å². The molecule has 0 bridgehead atoms. The number of carbonyl (C=O) groups is 1. The summed E-state index contributed by atoms with van der Waals surface area (Å²) in [5, 5.41) is -0.122. The van der Waals surface area contributed by atoms with Gasteiger partial charge in [-0.15, -0.1) is 0 Å². The average Bonchev–Trinajstić information content (AvgIpc) is 3.01. The lowest BCUT2D eigenvalue weighted by Crippen LogP contribution is -2.07. The molecule has 0 amide bonds. The monoisotopic (exact) mass is 407 g/mol. The van der Waals surface area contributed by atoms with Crippen LogP contribution in [-0.4, -0.2) is 25.1 Å². The Hall–Kier alpha value is -2.93. The van der Waals surface area contributed by atoms with Crippen LogP contribution in [0.3, 0.4) is 0 Å². The van der Waals surface area contributed by atoms with E-state index in [4.69, 9.17) is 25.8 Å². The molecule has 5 nitrogen and oxygen atoms in total. The number of hydrogen-bond acceptors (Lipinski definition) is 5. The van der Waals surface area contributed by atoms with Gasteiger partial charge in [-0.2, -0.15) is 0 Å². The highest BCUT2D eigenvalue weighted by molar-refractivity contribution is 6.34. The van der Waals surface area contributed by atoms with Crippen molar-refractivity contribution in [2.45, 2.75) is 13.8 Å². The molecule has 0 aliphatic carbocycles. The van der Waals surface area contributed by atoms with Crippen LogP contribution in [0, 0.1) is 11.6 Å². The molecule has 2 aromatic carbocycles. The third-order valence-electron chi connectivity index (χ3n) is 3.75. The molecule has 8 heteroatoms. The van der Waals surface area contributed by atoms with Crippen molar-refractivity contribution in [3.05, 3.63) is 63.8 Å². The molecule has 0 fully saturated rings. The average molecular weight is 408 g/mol. The molecule has 0 N–H and O–H groups in total. The van der Waals surface area contributed by atoms with Crippen molar-refractivity contribution in [2.24, 2.45) is 4.99 Å². The first-order valence-corrected chi connectivity index (χ1v) is 8.87.